The minimum atomic E-state index is -3.76. The van der Waals surface area contributed by atoms with Crippen LogP contribution in [0.25, 0.3) is 0 Å². The highest BCUT2D eigenvalue weighted by atomic mass is 32.2. The average Bonchev–Trinajstić information content (AvgIpc) is 2.78. The zero-order chi connectivity index (χ0) is 22.6. The first-order valence-corrected chi connectivity index (χ1v) is 10.9. The number of hydrogen-bond donors (Lipinski definition) is 1. The number of methoxy groups -OCH3 is 2. The van der Waals surface area contributed by atoms with Crippen LogP contribution in [0, 0.1) is 6.92 Å². The van der Waals surface area contributed by atoms with Gasteiger partial charge in [0.25, 0.3) is 15.9 Å². The summed E-state index contributed by atoms with van der Waals surface area (Å²) in [5.41, 5.74) is 2.07. The minimum absolute atomic E-state index is 0.177. The number of anilines is 2. The van der Waals surface area contributed by atoms with Crippen molar-refractivity contribution in [1.82, 2.24) is 0 Å². The van der Waals surface area contributed by atoms with Crippen LogP contribution in [-0.4, -0.2) is 35.6 Å². The van der Waals surface area contributed by atoms with Gasteiger partial charge in [-0.05, 0) is 49.4 Å². The van der Waals surface area contributed by atoms with Crippen molar-refractivity contribution >= 4 is 27.3 Å². The second kappa shape index (κ2) is 9.09. The lowest BCUT2D eigenvalue weighted by Crippen LogP contribution is -2.27. The quantitative estimate of drug-likeness (QED) is 0.598. The number of amides is 1. The summed E-state index contributed by atoms with van der Waals surface area (Å²) in [6.45, 7) is 1.89. The number of carbonyl (C=O) groups excluding carboxylic acids is 1. The monoisotopic (exact) mass is 440 g/mol. The number of nitrogens with one attached hydrogen (secondary N) is 1. The summed E-state index contributed by atoms with van der Waals surface area (Å²) in [7, 11) is 0.723. The van der Waals surface area contributed by atoms with Crippen LogP contribution in [0.15, 0.2) is 71.6 Å². The summed E-state index contributed by atoms with van der Waals surface area (Å²) in [5, 5.41) is 2.78. The molecule has 3 rings (SSSR count). The van der Waals surface area contributed by atoms with Crippen molar-refractivity contribution in [3.63, 3.8) is 0 Å². The highest BCUT2D eigenvalue weighted by Crippen LogP contribution is 2.30. The predicted octanol–water partition coefficient (Wildman–Crippen LogP) is 4.09. The van der Waals surface area contributed by atoms with Gasteiger partial charge in [-0.15, -0.1) is 0 Å². The van der Waals surface area contributed by atoms with Crippen LogP contribution in [-0.2, 0) is 10.0 Å². The Morgan fingerprint density at radius 3 is 2.29 bits per heavy atom. The number of hydrogen-bond acceptors (Lipinski definition) is 5. The minimum Gasteiger partial charge on any atom is -0.497 e. The Morgan fingerprint density at radius 2 is 1.65 bits per heavy atom. The lowest BCUT2D eigenvalue weighted by Gasteiger charge is -2.20. The predicted molar refractivity (Wildman–Crippen MR) is 121 cm³/mol. The first-order chi connectivity index (χ1) is 14.8. The normalized spacial score (nSPS) is 11.0. The van der Waals surface area contributed by atoms with E-state index in [0.717, 1.165) is 9.87 Å². The fourth-order valence-electron chi connectivity index (χ4n) is 2.96. The van der Waals surface area contributed by atoms with Gasteiger partial charge in [-0.1, -0.05) is 23.8 Å². The second-order valence-electron chi connectivity index (χ2n) is 6.86. The first-order valence-electron chi connectivity index (χ1n) is 9.45. The summed E-state index contributed by atoms with van der Waals surface area (Å²) >= 11 is 0. The van der Waals surface area contributed by atoms with Gasteiger partial charge in [0, 0.05) is 18.7 Å². The number of ether oxygens (including phenoxy) is 2. The maximum Gasteiger partial charge on any atom is 0.264 e. The Labute approximate surface area is 182 Å². The van der Waals surface area contributed by atoms with Crippen molar-refractivity contribution < 1.29 is 22.7 Å². The number of rotatable bonds is 7. The fourth-order valence-corrected chi connectivity index (χ4v) is 4.14. The zero-order valence-electron chi connectivity index (χ0n) is 17.7. The zero-order valence-corrected chi connectivity index (χ0v) is 18.6. The van der Waals surface area contributed by atoms with Crippen molar-refractivity contribution in [2.24, 2.45) is 0 Å². The molecule has 3 aromatic carbocycles. The lowest BCUT2D eigenvalue weighted by molar-refractivity contribution is 0.102. The maximum atomic E-state index is 13.0. The topological polar surface area (TPSA) is 84.9 Å². The Balaban J connectivity index is 1.87. The van der Waals surface area contributed by atoms with E-state index in [1.165, 1.54) is 27.3 Å². The summed E-state index contributed by atoms with van der Waals surface area (Å²) in [5.74, 6) is 0.632. The molecule has 8 heteroatoms. The Hall–Kier alpha value is -3.52. The summed E-state index contributed by atoms with van der Waals surface area (Å²) in [6.07, 6.45) is 0. The second-order valence-corrected chi connectivity index (χ2v) is 8.83. The van der Waals surface area contributed by atoms with E-state index in [9.17, 15) is 13.2 Å². The van der Waals surface area contributed by atoms with Crippen LogP contribution in [0.5, 0.6) is 11.5 Å². The van der Waals surface area contributed by atoms with E-state index < -0.39 is 15.9 Å². The Morgan fingerprint density at radius 1 is 0.935 bits per heavy atom. The molecule has 0 aromatic heterocycles. The molecule has 0 saturated heterocycles. The van der Waals surface area contributed by atoms with Gasteiger partial charge in [-0.2, -0.15) is 0 Å². The molecule has 0 bridgehead atoms. The average molecular weight is 441 g/mol. The molecule has 0 aliphatic rings. The molecule has 1 amide bonds. The van der Waals surface area contributed by atoms with Crippen LogP contribution in [0.1, 0.15) is 15.9 Å². The molecule has 3 aromatic rings. The van der Waals surface area contributed by atoms with Gasteiger partial charge in [0.2, 0.25) is 0 Å². The molecule has 0 fully saturated rings. The molecular formula is C23H24N2O5S. The molecule has 31 heavy (non-hydrogen) atoms. The molecule has 0 saturated carbocycles. The third kappa shape index (κ3) is 4.80. The van der Waals surface area contributed by atoms with Gasteiger partial charge in [0.15, 0.2) is 0 Å². The number of sulfonamides is 1. The fraction of sp³-hybridized carbons (Fsp3) is 0.174. The van der Waals surface area contributed by atoms with Crippen molar-refractivity contribution in [2.45, 2.75) is 11.8 Å². The Kier molecular flexibility index (Phi) is 6.50. The third-order valence-electron chi connectivity index (χ3n) is 4.81. The van der Waals surface area contributed by atoms with E-state index in [1.807, 2.05) is 6.92 Å². The van der Waals surface area contributed by atoms with Crippen LogP contribution in [0.4, 0.5) is 11.4 Å². The van der Waals surface area contributed by atoms with E-state index in [1.54, 1.807) is 60.7 Å². The molecule has 0 aliphatic carbocycles. The summed E-state index contributed by atoms with van der Waals surface area (Å²) in [4.78, 5) is 13.0. The Bertz CT molecular complexity index is 1190. The number of carbonyl (C=O) groups is 1. The number of benzene rings is 3. The largest absolute Gasteiger partial charge is 0.497 e. The molecule has 0 heterocycles. The van der Waals surface area contributed by atoms with Crippen LogP contribution in [0.2, 0.25) is 0 Å². The van der Waals surface area contributed by atoms with E-state index in [2.05, 4.69) is 5.32 Å². The lowest BCUT2D eigenvalue weighted by atomic mass is 10.1. The van der Waals surface area contributed by atoms with Gasteiger partial charge in [-0.25, -0.2) is 8.42 Å². The standard InChI is InChI=1S/C23H24N2O5S/c1-16-8-11-20(12-9-16)31(27,28)25(2)18-7-5-6-17(14-18)23(26)24-21-15-19(29-3)10-13-22(21)30-4/h5-15H,1-4H3,(H,24,26). The van der Waals surface area contributed by atoms with Crippen LogP contribution >= 0.6 is 0 Å². The van der Waals surface area contributed by atoms with E-state index in [4.69, 9.17) is 9.47 Å². The summed E-state index contributed by atoms with van der Waals surface area (Å²) in [6, 6.07) is 18.1. The molecule has 0 radical (unpaired) electrons. The van der Waals surface area contributed by atoms with Crippen molar-refractivity contribution in [2.75, 3.05) is 30.9 Å². The van der Waals surface area contributed by atoms with Crippen molar-refractivity contribution in [1.29, 1.82) is 0 Å². The molecule has 1 N–H and O–H groups in total. The van der Waals surface area contributed by atoms with Gasteiger partial charge in [0.05, 0.1) is 30.5 Å². The maximum absolute atomic E-state index is 13.0. The van der Waals surface area contributed by atoms with Crippen molar-refractivity contribution in [3.05, 3.63) is 77.9 Å². The van der Waals surface area contributed by atoms with Gasteiger partial charge in [-0.3, -0.25) is 9.10 Å². The van der Waals surface area contributed by atoms with Gasteiger partial charge < -0.3 is 14.8 Å². The summed E-state index contributed by atoms with van der Waals surface area (Å²) < 4.78 is 37.6. The van der Waals surface area contributed by atoms with Crippen molar-refractivity contribution in [3.8, 4) is 11.5 Å². The SMILES string of the molecule is COc1ccc(OC)c(NC(=O)c2cccc(N(C)S(=O)(=O)c3ccc(C)cc3)c2)c1. The number of aryl methyl sites for hydroxylation is 1. The van der Waals surface area contributed by atoms with Crippen LogP contribution < -0.4 is 19.1 Å². The van der Waals surface area contributed by atoms with Gasteiger partial charge >= 0.3 is 0 Å². The molecule has 0 atom stereocenters. The van der Waals surface area contributed by atoms with E-state index in [0.29, 0.717) is 28.4 Å². The molecule has 0 aliphatic heterocycles. The molecule has 0 spiro atoms. The molecule has 162 valence electrons. The van der Waals surface area contributed by atoms with E-state index >= 15 is 0 Å². The molecule has 7 nitrogen and oxygen atoms in total. The molecular weight excluding hydrogens is 416 g/mol. The van der Waals surface area contributed by atoms with E-state index in [-0.39, 0.29) is 4.90 Å². The van der Waals surface area contributed by atoms with Gasteiger partial charge in [0.1, 0.15) is 11.5 Å². The van der Waals surface area contributed by atoms with Crippen LogP contribution in [0.3, 0.4) is 0 Å². The number of nitrogens with zero attached hydrogens (tertiary/aromatic N) is 1. The third-order valence-corrected chi connectivity index (χ3v) is 6.61. The highest BCUT2D eigenvalue weighted by Gasteiger charge is 2.22. The smallest absolute Gasteiger partial charge is 0.264 e. The highest BCUT2D eigenvalue weighted by molar-refractivity contribution is 7.92. The molecule has 0 unspecified atom stereocenters. The first kappa shape index (κ1) is 22.2.